The summed E-state index contributed by atoms with van der Waals surface area (Å²) in [6.07, 6.45) is 0. The van der Waals surface area contributed by atoms with Gasteiger partial charge >= 0.3 is 0 Å². The second kappa shape index (κ2) is 7.08. The lowest BCUT2D eigenvalue weighted by atomic mass is 10.1. The molecule has 2 aromatic rings. The van der Waals surface area contributed by atoms with E-state index >= 15 is 0 Å². The van der Waals surface area contributed by atoms with Crippen LogP contribution in [0.2, 0.25) is 0 Å². The van der Waals surface area contributed by atoms with Gasteiger partial charge in [-0.15, -0.1) is 0 Å². The van der Waals surface area contributed by atoms with E-state index in [1.807, 2.05) is 32.0 Å². The Hall–Kier alpha value is -1.96. The van der Waals surface area contributed by atoms with Crippen LogP contribution in [0.4, 0.5) is 5.69 Å². The SMILES string of the molecule is Cc1cccc(NC(=S)NCc2ccc(S(N)(=O)=O)cc2)c1C. The predicted octanol–water partition coefficient (Wildman–Crippen LogP) is 2.44. The molecule has 0 saturated heterocycles. The first kappa shape index (κ1) is 17.4. The number of hydrogen-bond acceptors (Lipinski definition) is 3. The number of primary sulfonamides is 1. The van der Waals surface area contributed by atoms with E-state index in [0.29, 0.717) is 11.7 Å². The molecule has 0 atom stereocenters. The first-order valence-electron chi connectivity index (χ1n) is 7.00. The van der Waals surface area contributed by atoms with Gasteiger partial charge in [-0.2, -0.15) is 0 Å². The van der Waals surface area contributed by atoms with Gasteiger partial charge < -0.3 is 10.6 Å². The van der Waals surface area contributed by atoms with Crippen molar-refractivity contribution >= 4 is 33.0 Å². The topological polar surface area (TPSA) is 84.2 Å². The van der Waals surface area contributed by atoms with Crippen LogP contribution in [0.5, 0.6) is 0 Å². The Balaban J connectivity index is 1.95. The number of nitrogens with two attached hydrogens (primary N) is 1. The Morgan fingerprint density at radius 2 is 1.78 bits per heavy atom. The maximum Gasteiger partial charge on any atom is 0.238 e. The molecular weight excluding hydrogens is 330 g/mol. The standard InChI is InChI=1S/C16H19N3O2S2/c1-11-4-3-5-15(12(11)2)19-16(22)18-10-13-6-8-14(9-7-13)23(17,20)21/h3-9H,10H2,1-2H3,(H2,17,20,21)(H2,18,19,22). The highest BCUT2D eigenvalue weighted by atomic mass is 32.2. The van der Waals surface area contributed by atoms with Gasteiger partial charge in [0.2, 0.25) is 10.0 Å². The second-order valence-corrected chi connectivity index (χ2v) is 7.21. The van der Waals surface area contributed by atoms with Crippen LogP contribution in [0.15, 0.2) is 47.4 Å². The van der Waals surface area contributed by atoms with E-state index < -0.39 is 10.0 Å². The molecule has 0 spiro atoms. The minimum Gasteiger partial charge on any atom is -0.358 e. The summed E-state index contributed by atoms with van der Waals surface area (Å²) in [6.45, 7) is 4.57. The third-order valence-electron chi connectivity index (χ3n) is 3.56. The summed E-state index contributed by atoms with van der Waals surface area (Å²) in [5, 5.41) is 11.8. The molecule has 7 heteroatoms. The van der Waals surface area contributed by atoms with Gasteiger partial charge in [0.05, 0.1) is 4.90 Å². The van der Waals surface area contributed by atoms with Crippen LogP contribution in [0.25, 0.3) is 0 Å². The average Bonchev–Trinajstić information content (AvgIpc) is 2.49. The van der Waals surface area contributed by atoms with Gasteiger partial charge in [0.15, 0.2) is 5.11 Å². The van der Waals surface area contributed by atoms with Gasteiger partial charge in [0.25, 0.3) is 0 Å². The molecule has 0 heterocycles. The van der Waals surface area contributed by atoms with Crippen LogP contribution >= 0.6 is 12.2 Å². The highest BCUT2D eigenvalue weighted by molar-refractivity contribution is 7.89. The van der Waals surface area contributed by atoms with Crippen molar-refractivity contribution in [2.45, 2.75) is 25.3 Å². The lowest BCUT2D eigenvalue weighted by Gasteiger charge is -2.14. The largest absolute Gasteiger partial charge is 0.358 e. The second-order valence-electron chi connectivity index (χ2n) is 5.24. The number of benzene rings is 2. The Morgan fingerprint density at radius 3 is 2.39 bits per heavy atom. The van der Waals surface area contributed by atoms with E-state index in [0.717, 1.165) is 16.8 Å². The molecule has 122 valence electrons. The highest BCUT2D eigenvalue weighted by Gasteiger charge is 2.07. The van der Waals surface area contributed by atoms with Gasteiger partial charge in [-0.25, -0.2) is 13.6 Å². The first-order valence-corrected chi connectivity index (χ1v) is 8.95. The molecule has 0 radical (unpaired) electrons. The minimum atomic E-state index is -3.66. The average molecular weight is 349 g/mol. The molecule has 0 aliphatic carbocycles. The maximum absolute atomic E-state index is 11.2. The Bertz CT molecular complexity index is 816. The van der Waals surface area contributed by atoms with Crippen LogP contribution in [0.1, 0.15) is 16.7 Å². The Morgan fingerprint density at radius 1 is 1.13 bits per heavy atom. The molecule has 5 nitrogen and oxygen atoms in total. The molecule has 0 unspecified atom stereocenters. The summed E-state index contributed by atoms with van der Waals surface area (Å²) < 4.78 is 22.4. The van der Waals surface area contributed by atoms with Gasteiger partial charge in [-0.05, 0) is 61.0 Å². The molecule has 0 amide bonds. The summed E-state index contributed by atoms with van der Waals surface area (Å²) in [5.74, 6) is 0. The van der Waals surface area contributed by atoms with Crippen molar-refractivity contribution in [1.82, 2.24) is 5.32 Å². The van der Waals surface area contributed by atoms with E-state index in [1.165, 1.54) is 17.7 Å². The van der Waals surface area contributed by atoms with E-state index in [9.17, 15) is 8.42 Å². The fourth-order valence-electron chi connectivity index (χ4n) is 2.03. The highest BCUT2D eigenvalue weighted by Crippen LogP contribution is 2.17. The summed E-state index contributed by atoms with van der Waals surface area (Å²) in [5.41, 5.74) is 4.21. The monoisotopic (exact) mass is 349 g/mol. The van der Waals surface area contributed by atoms with E-state index in [-0.39, 0.29) is 4.90 Å². The van der Waals surface area contributed by atoms with E-state index in [4.69, 9.17) is 17.4 Å². The van der Waals surface area contributed by atoms with Gasteiger partial charge in [0.1, 0.15) is 0 Å². The van der Waals surface area contributed by atoms with Gasteiger partial charge in [-0.3, -0.25) is 0 Å². The number of anilines is 1. The fraction of sp³-hybridized carbons (Fsp3) is 0.188. The third-order valence-corrected chi connectivity index (χ3v) is 4.73. The van der Waals surface area contributed by atoms with Crippen LogP contribution < -0.4 is 15.8 Å². The molecule has 2 aromatic carbocycles. The van der Waals surface area contributed by atoms with Gasteiger partial charge in [-0.1, -0.05) is 24.3 Å². The van der Waals surface area contributed by atoms with E-state index in [1.54, 1.807) is 12.1 Å². The molecule has 0 aliphatic rings. The molecule has 0 saturated carbocycles. The van der Waals surface area contributed by atoms with Crippen molar-refractivity contribution < 1.29 is 8.42 Å². The van der Waals surface area contributed by atoms with Gasteiger partial charge in [0, 0.05) is 12.2 Å². The lowest BCUT2D eigenvalue weighted by Crippen LogP contribution is -2.28. The molecule has 2 rings (SSSR count). The number of sulfonamides is 1. The smallest absolute Gasteiger partial charge is 0.238 e. The van der Waals surface area contributed by atoms with Crippen molar-refractivity contribution in [3.8, 4) is 0 Å². The molecule has 23 heavy (non-hydrogen) atoms. The summed E-state index contributed by atoms with van der Waals surface area (Å²) in [7, 11) is -3.66. The normalized spacial score (nSPS) is 11.1. The summed E-state index contributed by atoms with van der Waals surface area (Å²) in [6, 6.07) is 12.3. The lowest BCUT2D eigenvalue weighted by molar-refractivity contribution is 0.597. The Kier molecular flexibility index (Phi) is 5.35. The van der Waals surface area contributed by atoms with Crippen LogP contribution in [0.3, 0.4) is 0 Å². The summed E-state index contributed by atoms with van der Waals surface area (Å²) in [4.78, 5) is 0.0948. The number of rotatable bonds is 4. The molecule has 4 N–H and O–H groups in total. The maximum atomic E-state index is 11.2. The molecule has 0 aliphatic heterocycles. The molecular formula is C16H19N3O2S2. The van der Waals surface area contributed by atoms with Crippen molar-refractivity contribution in [3.05, 3.63) is 59.2 Å². The number of nitrogens with one attached hydrogen (secondary N) is 2. The Labute approximate surface area is 142 Å². The quantitative estimate of drug-likeness (QED) is 0.738. The van der Waals surface area contributed by atoms with Crippen molar-refractivity contribution in [2.75, 3.05) is 5.32 Å². The predicted molar refractivity (Wildman–Crippen MR) is 96.8 cm³/mol. The van der Waals surface area contributed by atoms with Crippen molar-refractivity contribution in [3.63, 3.8) is 0 Å². The molecule has 0 fully saturated rings. The van der Waals surface area contributed by atoms with Crippen molar-refractivity contribution in [2.24, 2.45) is 5.14 Å². The summed E-state index contributed by atoms with van der Waals surface area (Å²) >= 11 is 5.29. The number of thiocarbonyl (C=S) groups is 1. The van der Waals surface area contributed by atoms with Crippen LogP contribution in [-0.4, -0.2) is 13.5 Å². The minimum absolute atomic E-state index is 0.0948. The van der Waals surface area contributed by atoms with E-state index in [2.05, 4.69) is 10.6 Å². The van der Waals surface area contributed by atoms with Crippen LogP contribution in [-0.2, 0) is 16.6 Å². The molecule has 0 bridgehead atoms. The van der Waals surface area contributed by atoms with Crippen molar-refractivity contribution in [1.29, 1.82) is 0 Å². The molecule has 0 aromatic heterocycles. The zero-order valence-corrected chi connectivity index (χ0v) is 14.6. The zero-order chi connectivity index (χ0) is 17.0. The number of hydrogen-bond donors (Lipinski definition) is 3. The fourth-order valence-corrected chi connectivity index (χ4v) is 2.73. The third kappa shape index (κ3) is 4.75. The number of aryl methyl sites for hydroxylation is 1. The van der Waals surface area contributed by atoms with Crippen LogP contribution in [0, 0.1) is 13.8 Å². The first-order chi connectivity index (χ1) is 10.8. The zero-order valence-electron chi connectivity index (χ0n) is 13.0.